The molecule has 0 radical (unpaired) electrons. The van der Waals surface area contributed by atoms with Crippen molar-refractivity contribution in [1.29, 1.82) is 5.41 Å². The summed E-state index contributed by atoms with van der Waals surface area (Å²) in [6.07, 6.45) is 0. The van der Waals surface area contributed by atoms with Crippen LogP contribution in [0.15, 0.2) is 97.1 Å². The van der Waals surface area contributed by atoms with Gasteiger partial charge >= 0.3 is 0 Å². The molecule has 0 aliphatic rings. The van der Waals surface area contributed by atoms with Crippen molar-refractivity contribution in [2.45, 2.75) is 0 Å². The second kappa shape index (κ2) is 8.51. The number of para-hydroxylation sites is 2. The molecular formula is C26H20N6O2. The molecule has 0 saturated carbocycles. The van der Waals surface area contributed by atoms with Gasteiger partial charge in [-0.2, -0.15) is 0 Å². The monoisotopic (exact) mass is 448 g/mol. The minimum Gasteiger partial charge on any atom is -0.384 e. The van der Waals surface area contributed by atoms with E-state index in [1.165, 1.54) is 6.07 Å². The molecule has 0 unspecified atom stereocenters. The van der Waals surface area contributed by atoms with Crippen LogP contribution in [0.1, 0.15) is 5.56 Å². The molecule has 0 fully saturated rings. The normalized spacial score (nSPS) is 10.8. The van der Waals surface area contributed by atoms with Crippen LogP contribution in [0.5, 0.6) is 0 Å². The van der Waals surface area contributed by atoms with Crippen molar-refractivity contribution >= 4 is 39.6 Å². The lowest BCUT2D eigenvalue weighted by Crippen LogP contribution is -2.11. The van der Waals surface area contributed by atoms with Crippen molar-refractivity contribution < 1.29 is 4.92 Å². The Labute approximate surface area is 195 Å². The van der Waals surface area contributed by atoms with Crippen LogP contribution in [0.2, 0.25) is 0 Å². The summed E-state index contributed by atoms with van der Waals surface area (Å²) in [5, 5.41) is 19.2. The summed E-state index contributed by atoms with van der Waals surface area (Å²) in [5.41, 5.74) is 10.1. The predicted molar refractivity (Wildman–Crippen MR) is 134 cm³/mol. The molecule has 166 valence electrons. The van der Waals surface area contributed by atoms with Crippen LogP contribution in [0.25, 0.3) is 22.4 Å². The first kappa shape index (κ1) is 20.9. The van der Waals surface area contributed by atoms with Crippen molar-refractivity contribution in [3.63, 3.8) is 0 Å². The Morgan fingerprint density at radius 2 is 1.44 bits per heavy atom. The SMILES string of the molecule is N=C(N)c1cc([N+](=O)[O-])c2nc(-c3ccc(N(c4ccccc4)c4ccccc4)cc3)[nH]c2c1. The van der Waals surface area contributed by atoms with Crippen LogP contribution in [0.3, 0.4) is 0 Å². The number of hydrogen-bond donors (Lipinski definition) is 3. The minimum absolute atomic E-state index is 0.193. The number of amidine groups is 1. The van der Waals surface area contributed by atoms with Gasteiger partial charge in [-0.05, 0) is 54.6 Å². The van der Waals surface area contributed by atoms with E-state index in [-0.39, 0.29) is 22.6 Å². The second-order valence-electron chi connectivity index (χ2n) is 7.70. The van der Waals surface area contributed by atoms with E-state index in [0.29, 0.717) is 11.3 Å². The molecule has 5 rings (SSSR count). The van der Waals surface area contributed by atoms with Gasteiger partial charge in [-0.3, -0.25) is 15.5 Å². The third-order valence-electron chi connectivity index (χ3n) is 5.50. The first-order valence-corrected chi connectivity index (χ1v) is 10.5. The fourth-order valence-corrected chi connectivity index (χ4v) is 3.90. The number of nitrogen functional groups attached to an aromatic ring is 1. The Morgan fingerprint density at radius 1 is 0.882 bits per heavy atom. The fraction of sp³-hybridized carbons (Fsp3) is 0. The number of anilines is 3. The van der Waals surface area contributed by atoms with Gasteiger partial charge in [0.2, 0.25) is 0 Å². The second-order valence-corrected chi connectivity index (χ2v) is 7.70. The predicted octanol–water partition coefficient (Wildman–Crippen LogP) is 5.89. The average molecular weight is 448 g/mol. The number of benzene rings is 4. The molecule has 5 aromatic rings. The van der Waals surface area contributed by atoms with E-state index in [4.69, 9.17) is 11.1 Å². The summed E-state index contributed by atoms with van der Waals surface area (Å²) in [5.74, 6) is 0.253. The topological polar surface area (TPSA) is 125 Å². The van der Waals surface area contributed by atoms with Gasteiger partial charge in [0.25, 0.3) is 5.69 Å². The maximum absolute atomic E-state index is 11.6. The van der Waals surface area contributed by atoms with Gasteiger partial charge in [0.1, 0.15) is 11.7 Å². The van der Waals surface area contributed by atoms with Gasteiger partial charge < -0.3 is 15.6 Å². The quantitative estimate of drug-likeness (QED) is 0.129. The van der Waals surface area contributed by atoms with E-state index < -0.39 is 4.92 Å². The van der Waals surface area contributed by atoms with Crippen LogP contribution in [-0.4, -0.2) is 20.7 Å². The highest BCUT2D eigenvalue weighted by atomic mass is 16.6. The zero-order chi connectivity index (χ0) is 23.7. The van der Waals surface area contributed by atoms with E-state index >= 15 is 0 Å². The maximum atomic E-state index is 11.6. The third-order valence-corrected chi connectivity index (χ3v) is 5.50. The van der Waals surface area contributed by atoms with Crippen LogP contribution in [0.4, 0.5) is 22.7 Å². The Balaban J connectivity index is 1.57. The summed E-state index contributed by atoms with van der Waals surface area (Å²) in [6, 6.07) is 30.8. The van der Waals surface area contributed by atoms with Crippen LogP contribution in [-0.2, 0) is 0 Å². The van der Waals surface area contributed by atoms with Gasteiger partial charge in [-0.25, -0.2) is 4.98 Å². The number of aromatic nitrogens is 2. The van der Waals surface area contributed by atoms with Crippen molar-refractivity contribution in [1.82, 2.24) is 9.97 Å². The molecule has 0 atom stereocenters. The Bertz CT molecular complexity index is 1460. The van der Waals surface area contributed by atoms with E-state index in [2.05, 4.69) is 14.9 Å². The van der Waals surface area contributed by atoms with Crippen LogP contribution >= 0.6 is 0 Å². The lowest BCUT2D eigenvalue weighted by atomic mass is 10.1. The number of fused-ring (bicyclic) bond motifs is 1. The molecule has 0 amide bonds. The first-order chi connectivity index (χ1) is 16.5. The maximum Gasteiger partial charge on any atom is 0.297 e. The average Bonchev–Trinajstić information content (AvgIpc) is 3.29. The number of nitrogens with two attached hydrogens (primary N) is 1. The zero-order valence-electron chi connectivity index (χ0n) is 18.0. The van der Waals surface area contributed by atoms with E-state index in [0.717, 1.165) is 22.6 Å². The summed E-state index contributed by atoms with van der Waals surface area (Å²) >= 11 is 0. The highest BCUT2D eigenvalue weighted by Crippen LogP contribution is 2.35. The third kappa shape index (κ3) is 3.84. The number of nitrogens with zero attached hydrogens (tertiary/aromatic N) is 3. The molecule has 4 aromatic carbocycles. The molecule has 34 heavy (non-hydrogen) atoms. The molecule has 0 spiro atoms. The zero-order valence-corrected chi connectivity index (χ0v) is 18.0. The number of hydrogen-bond acceptors (Lipinski definition) is 5. The lowest BCUT2D eigenvalue weighted by molar-refractivity contribution is -0.383. The van der Waals surface area contributed by atoms with E-state index in [9.17, 15) is 10.1 Å². The van der Waals surface area contributed by atoms with E-state index in [1.54, 1.807) is 6.07 Å². The van der Waals surface area contributed by atoms with Gasteiger partial charge in [-0.1, -0.05) is 36.4 Å². The standard InChI is InChI=1S/C26H20N6O2/c27-25(28)18-15-22-24(23(16-18)32(33)34)30-26(29-22)17-11-13-21(14-12-17)31(19-7-3-1-4-8-19)20-9-5-2-6-10-20/h1-16H,(H3,27,28)(H,29,30). The molecule has 8 nitrogen and oxygen atoms in total. The number of nitro benzene ring substituents is 1. The highest BCUT2D eigenvalue weighted by Gasteiger charge is 2.20. The van der Waals surface area contributed by atoms with Crippen LogP contribution < -0.4 is 10.6 Å². The van der Waals surface area contributed by atoms with Crippen LogP contribution in [0, 0.1) is 15.5 Å². The van der Waals surface area contributed by atoms with Crippen molar-refractivity contribution in [3.05, 3.63) is 113 Å². The number of rotatable bonds is 6. The van der Waals surface area contributed by atoms with Crippen molar-refractivity contribution in [2.75, 3.05) is 4.90 Å². The molecular weight excluding hydrogens is 428 g/mol. The van der Waals surface area contributed by atoms with Crippen molar-refractivity contribution in [2.24, 2.45) is 5.73 Å². The summed E-state index contributed by atoms with van der Waals surface area (Å²) in [7, 11) is 0. The highest BCUT2D eigenvalue weighted by molar-refractivity contribution is 6.01. The number of nitro groups is 1. The lowest BCUT2D eigenvalue weighted by Gasteiger charge is -2.25. The number of nitrogens with one attached hydrogen (secondary N) is 2. The molecule has 0 bridgehead atoms. The molecule has 0 aliphatic carbocycles. The van der Waals surface area contributed by atoms with Gasteiger partial charge in [0.15, 0.2) is 5.52 Å². The molecule has 0 saturated heterocycles. The Morgan fingerprint density at radius 3 is 1.97 bits per heavy atom. The molecule has 1 heterocycles. The molecule has 1 aromatic heterocycles. The van der Waals surface area contributed by atoms with Gasteiger partial charge in [-0.15, -0.1) is 0 Å². The molecule has 8 heteroatoms. The summed E-state index contributed by atoms with van der Waals surface area (Å²) < 4.78 is 0. The van der Waals surface area contributed by atoms with Crippen molar-refractivity contribution in [3.8, 4) is 11.4 Å². The molecule has 0 aliphatic heterocycles. The Hall–Kier alpha value is -4.98. The number of imidazole rings is 1. The summed E-state index contributed by atoms with van der Waals surface area (Å²) in [4.78, 5) is 20.8. The molecule has 4 N–H and O–H groups in total. The number of aromatic amines is 1. The fourth-order valence-electron chi connectivity index (χ4n) is 3.90. The summed E-state index contributed by atoms with van der Waals surface area (Å²) in [6.45, 7) is 0. The van der Waals surface area contributed by atoms with E-state index in [1.807, 2.05) is 84.9 Å². The number of H-pyrrole nitrogens is 1. The number of non-ortho nitro benzene ring substituents is 1. The largest absolute Gasteiger partial charge is 0.384 e. The smallest absolute Gasteiger partial charge is 0.297 e. The van der Waals surface area contributed by atoms with Gasteiger partial charge in [0.05, 0.1) is 10.4 Å². The first-order valence-electron chi connectivity index (χ1n) is 10.5. The Kier molecular flexibility index (Phi) is 5.23. The van der Waals surface area contributed by atoms with Gasteiger partial charge in [0, 0.05) is 34.3 Å². The minimum atomic E-state index is -0.514.